The Morgan fingerprint density at radius 1 is 1.00 bits per heavy atom. The predicted molar refractivity (Wildman–Crippen MR) is 130 cm³/mol. The van der Waals surface area contributed by atoms with Crippen LogP contribution in [-0.4, -0.2) is 55.2 Å². The molecule has 0 atom stereocenters. The molecule has 0 bridgehead atoms. The smallest absolute Gasteiger partial charge is 0.254 e. The van der Waals surface area contributed by atoms with Crippen LogP contribution in [0.2, 0.25) is 0 Å². The molecule has 0 fully saturated rings. The molecule has 0 spiro atoms. The lowest BCUT2D eigenvalue weighted by Gasteiger charge is -2.28. The van der Waals surface area contributed by atoms with Crippen LogP contribution in [-0.2, 0) is 22.6 Å². The Morgan fingerprint density at radius 2 is 1.82 bits per heavy atom. The summed E-state index contributed by atoms with van der Waals surface area (Å²) in [5.41, 5.74) is 2.40. The minimum absolute atomic E-state index is 0.0353. The molecule has 7 nitrogen and oxygen atoms in total. The highest BCUT2D eigenvalue weighted by molar-refractivity contribution is 7.09. The van der Waals surface area contributed by atoms with Crippen LogP contribution in [0.25, 0.3) is 0 Å². The molecule has 4 rings (SSSR count). The lowest BCUT2D eigenvalue weighted by Crippen LogP contribution is -2.43. The third kappa shape index (κ3) is 5.76. The van der Waals surface area contributed by atoms with Gasteiger partial charge in [0.2, 0.25) is 12.7 Å². The molecule has 34 heavy (non-hydrogen) atoms. The fraction of sp³-hybridized carbons (Fsp3) is 0.308. The van der Waals surface area contributed by atoms with Crippen LogP contribution >= 0.6 is 11.3 Å². The van der Waals surface area contributed by atoms with Crippen LogP contribution in [0.4, 0.5) is 0 Å². The quantitative estimate of drug-likeness (QED) is 0.437. The van der Waals surface area contributed by atoms with E-state index in [0.717, 1.165) is 16.0 Å². The molecule has 0 aliphatic carbocycles. The summed E-state index contributed by atoms with van der Waals surface area (Å²) in [7, 11) is 1.58. The number of aryl methyl sites for hydroxylation is 1. The van der Waals surface area contributed by atoms with Crippen LogP contribution in [0.15, 0.2) is 60.0 Å². The van der Waals surface area contributed by atoms with E-state index in [1.54, 1.807) is 34.3 Å². The Morgan fingerprint density at radius 3 is 2.59 bits per heavy atom. The van der Waals surface area contributed by atoms with Gasteiger partial charge in [-0.1, -0.05) is 30.3 Å². The topological polar surface area (TPSA) is 68.3 Å². The minimum atomic E-state index is -0.178. The molecule has 0 unspecified atom stereocenters. The van der Waals surface area contributed by atoms with E-state index < -0.39 is 0 Å². The summed E-state index contributed by atoms with van der Waals surface area (Å²) in [6, 6.07) is 17.1. The maximum atomic E-state index is 13.5. The summed E-state index contributed by atoms with van der Waals surface area (Å²) in [6.07, 6.45) is 0. The van der Waals surface area contributed by atoms with Crippen molar-refractivity contribution in [1.82, 2.24) is 9.80 Å². The first-order chi connectivity index (χ1) is 16.5. The zero-order valence-electron chi connectivity index (χ0n) is 19.4. The van der Waals surface area contributed by atoms with E-state index in [1.807, 2.05) is 60.8 Å². The lowest BCUT2D eigenvalue weighted by molar-refractivity contribution is -0.133. The largest absolute Gasteiger partial charge is 0.454 e. The molecule has 2 amide bonds. The number of benzene rings is 2. The number of carbonyl (C=O) groups excluding carboxylic acids is 2. The summed E-state index contributed by atoms with van der Waals surface area (Å²) < 4.78 is 16.1. The number of amides is 2. The maximum Gasteiger partial charge on any atom is 0.254 e. The Labute approximate surface area is 203 Å². The SMILES string of the molecule is COCCN(CC(=O)N(Cc1ccc2c(c1)OCO2)Cc1cccs1)C(=O)c1ccccc1C. The number of nitrogens with zero attached hydrogens (tertiary/aromatic N) is 2. The van der Waals surface area contributed by atoms with Crippen molar-refractivity contribution < 1.29 is 23.8 Å². The highest BCUT2D eigenvalue weighted by Gasteiger charge is 2.24. The van der Waals surface area contributed by atoms with E-state index in [4.69, 9.17) is 14.2 Å². The van der Waals surface area contributed by atoms with Gasteiger partial charge in [0.1, 0.15) is 6.54 Å². The van der Waals surface area contributed by atoms with E-state index >= 15 is 0 Å². The molecule has 0 saturated heterocycles. The van der Waals surface area contributed by atoms with Crippen molar-refractivity contribution in [2.45, 2.75) is 20.0 Å². The first-order valence-corrected chi connectivity index (χ1v) is 12.0. The molecule has 1 aromatic heterocycles. The Bertz CT molecular complexity index is 1130. The van der Waals surface area contributed by atoms with Crippen molar-refractivity contribution in [2.24, 2.45) is 0 Å². The average molecular weight is 481 g/mol. The molecule has 0 radical (unpaired) electrons. The maximum absolute atomic E-state index is 13.5. The van der Waals surface area contributed by atoms with Crippen LogP contribution in [0.5, 0.6) is 11.5 Å². The molecule has 178 valence electrons. The van der Waals surface area contributed by atoms with E-state index in [1.165, 1.54) is 0 Å². The molecule has 2 heterocycles. The Balaban J connectivity index is 1.54. The van der Waals surface area contributed by atoms with Gasteiger partial charge in [-0.05, 0) is 47.7 Å². The number of thiophene rings is 1. The number of methoxy groups -OCH3 is 1. The van der Waals surface area contributed by atoms with Gasteiger partial charge in [-0.3, -0.25) is 9.59 Å². The van der Waals surface area contributed by atoms with Gasteiger partial charge in [0.15, 0.2) is 11.5 Å². The van der Waals surface area contributed by atoms with Crippen LogP contribution < -0.4 is 9.47 Å². The summed E-state index contributed by atoms with van der Waals surface area (Å²) in [5.74, 6) is 1.07. The van der Waals surface area contributed by atoms with Gasteiger partial charge in [0.05, 0.1) is 13.2 Å². The number of rotatable bonds is 10. The molecule has 0 saturated carbocycles. The van der Waals surface area contributed by atoms with Gasteiger partial charge >= 0.3 is 0 Å². The fourth-order valence-corrected chi connectivity index (χ4v) is 4.50. The second kappa shape index (κ2) is 11.2. The first kappa shape index (κ1) is 23.8. The standard InChI is InChI=1S/C26H28N2O5S/c1-19-6-3-4-8-22(19)26(30)27(11-12-31-2)17-25(29)28(16-21-7-5-13-34-21)15-20-9-10-23-24(14-20)33-18-32-23/h3-10,13-14H,11-12,15-18H2,1-2H3. The van der Waals surface area contributed by atoms with Crippen molar-refractivity contribution in [3.8, 4) is 11.5 Å². The summed E-state index contributed by atoms with van der Waals surface area (Å²) >= 11 is 1.60. The van der Waals surface area contributed by atoms with E-state index in [9.17, 15) is 9.59 Å². The van der Waals surface area contributed by atoms with Gasteiger partial charge in [-0.2, -0.15) is 0 Å². The van der Waals surface area contributed by atoms with Crippen LogP contribution in [0.3, 0.4) is 0 Å². The monoisotopic (exact) mass is 480 g/mol. The van der Waals surface area contributed by atoms with Gasteiger partial charge in [0.25, 0.3) is 5.91 Å². The third-order valence-electron chi connectivity index (χ3n) is 5.64. The van der Waals surface area contributed by atoms with Crippen LogP contribution in [0, 0.1) is 6.92 Å². The molecule has 1 aliphatic heterocycles. The number of hydrogen-bond acceptors (Lipinski definition) is 6. The second-order valence-corrected chi connectivity index (χ2v) is 9.08. The number of fused-ring (bicyclic) bond motifs is 1. The van der Waals surface area contributed by atoms with Gasteiger partial charge in [0, 0.05) is 30.6 Å². The highest BCUT2D eigenvalue weighted by atomic mass is 32.1. The van der Waals surface area contributed by atoms with Gasteiger partial charge < -0.3 is 24.0 Å². The normalized spacial score (nSPS) is 11.9. The average Bonchev–Trinajstić information content (AvgIpc) is 3.53. The molecule has 0 N–H and O–H groups in total. The van der Waals surface area contributed by atoms with Gasteiger partial charge in [-0.25, -0.2) is 0 Å². The zero-order chi connectivity index (χ0) is 23.9. The van der Waals surface area contributed by atoms with Crippen molar-refractivity contribution in [2.75, 3.05) is 33.6 Å². The zero-order valence-corrected chi connectivity index (χ0v) is 20.2. The molecule has 3 aromatic rings. The number of carbonyl (C=O) groups is 2. The van der Waals surface area contributed by atoms with E-state index in [0.29, 0.717) is 43.3 Å². The summed E-state index contributed by atoms with van der Waals surface area (Å²) in [6.45, 7) is 3.58. The lowest BCUT2D eigenvalue weighted by atomic mass is 10.1. The van der Waals surface area contributed by atoms with Crippen molar-refractivity contribution in [3.63, 3.8) is 0 Å². The number of ether oxygens (including phenoxy) is 3. The van der Waals surface area contributed by atoms with Crippen LogP contribution in [0.1, 0.15) is 26.4 Å². The highest BCUT2D eigenvalue weighted by Crippen LogP contribution is 2.33. The Kier molecular flexibility index (Phi) is 7.82. The fourth-order valence-electron chi connectivity index (χ4n) is 3.78. The Hall–Kier alpha value is -3.36. The van der Waals surface area contributed by atoms with Crippen molar-refractivity contribution in [3.05, 3.63) is 81.5 Å². The molecular formula is C26H28N2O5S. The first-order valence-electron chi connectivity index (χ1n) is 11.1. The van der Waals surface area contributed by atoms with Crippen molar-refractivity contribution in [1.29, 1.82) is 0 Å². The van der Waals surface area contributed by atoms with Crippen molar-refractivity contribution >= 4 is 23.2 Å². The summed E-state index contributed by atoms with van der Waals surface area (Å²) in [4.78, 5) is 31.3. The number of hydrogen-bond donors (Lipinski definition) is 0. The minimum Gasteiger partial charge on any atom is -0.454 e. The molecular weight excluding hydrogens is 452 g/mol. The molecule has 1 aliphatic rings. The molecule has 8 heteroatoms. The second-order valence-electron chi connectivity index (χ2n) is 8.05. The third-order valence-corrected chi connectivity index (χ3v) is 6.51. The van der Waals surface area contributed by atoms with E-state index in [2.05, 4.69) is 0 Å². The van der Waals surface area contributed by atoms with E-state index in [-0.39, 0.29) is 25.2 Å². The molecule has 2 aromatic carbocycles. The predicted octanol–water partition coefficient (Wildman–Crippen LogP) is 4.10. The van der Waals surface area contributed by atoms with Gasteiger partial charge in [-0.15, -0.1) is 11.3 Å². The summed E-state index contributed by atoms with van der Waals surface area (Å²) in [5, 5.41) is 1.99.